The van der Waals surface area contributed by atoms with Gasteiger partial charge >= 0.3 is 0 Å². The Labute approximate surface area is 201 Å². The minimum atomic E-state index is -0.0423. The molecular formula is C22H34IN5O3. The lowest BCUT2D eigenvalue weighted by atomic mass is 9.84. The second-order valence-corrected chi connectivity index (χ2v) is 7.71. The van der Waals surface area contributed by atoms with Crippen LogP contribution >= 0.6 is 24.0 Å². The predicted molar refractivity (Wildman–Crippen MR) is 132 cm³/mol. The molecule has 3 N–H and O–H groups in total. The maximum Gasteiger partial charge on any atom is 0.257 e. The average molecular weight is 543 g/mol. The number of aliphatic hydroxyl groups is 1. The topological polar surface area (TPSA) is 105 Å². The van der Waals surface area contributed by atoms with E-state index in [-0.39, 0.29) is 36.0 Å². The fourth-order valence-corrected chi connectivity index (χ4v) is 3.53. The normalized spacial score (nSPS) is 18.6. The Kier molecular flexibility index (Phi) is 10.7. The highest BCUT2D eigenvalue weighted by Crippen LogP contribution is 2.32. The van der Waals surface area contributed by atoms with Gasteiger partial charge in [-0.15, -0.1) is 24.0 Å². The van der Waals surface area contributed by atoms with Gasteiger partial charge in [0.25, 0.3) is 5.89 Å². The van der Waals surface area contributed by atoms with Crippen molar-refractivity contribution in [1.82, 2.24) is 20.8 Å². The molecule has 1 fully saturated rings. The zero-order valence-electron chi connectivity index (χ0n) is 18.4. The first-order valence-electron chi connectivity index (χ1n) is 10.8. The lowest BCUT2D eigenvalue weighted by Crippen LogP contribution is -2.39. The molecule has 1 aromatic heterocycles. The number of ether oxygens (including phenoxy) is 1. The number of halogens is 1. The minimum Gasteiger partial charge on any atom is -0.396 e. The SMILES string of the molecule is CCNC(=NCC1(CCO)CCOC1)NCCc1ccc(-c2nc(CC)no2)cc1.I. The smallest absolute Gasteiger partial charge is 0.257 e. The summed E-state index contributed by atoms with van der Waals surface area (Å²) >= 11 is 0. The molecule has 0 amide bonds. The van der Waals surface area contributed by atoms with E-state index in [4.69, 9.17) is 14.3 Å². The Morgan fingerprint density at radius 3 is 2.65 bits per heavy atom. The molecule has 9 heteroatoms. The molecule has 1 aromatic carbocycles. The zero-order chi connectivity index (χ0) is 21.2. The number of benzene rings is 1. The Balaban J connectivity index is 0.00000341. The second-order valence-electron chi connectivity index (χ2n) is 7.71. The molecule has 3 rings (SSSR count). The minimum absolute atomic E-state index is 0. The Morgan fingerprint density at radius 1 is 1.23 bits per heavy atom. The summed E-state index contributed by atoms with van der Waals surface area (Å²) < 4.78 is 10.9. The van der Waals surface area contributed by atoms with Crippen LogP contribution in [0.2, 0.25) is 0 Å². The molecule has 1 saturated heterocycles. The largest absolute Gasteiger partial charge is 0.396 e. The van der Waals surface area contributed by atoms with E-state index in [1.807, 2.05) is 19.1 Å². The van der Waals surface area contributed by atoms with E-state index in [1.54, 1.807) is 0 Å². The van der Waals surface area contributed by atoms with Crippen LogP contribution in [-0.4, -0.2) is 60.7 Å². The summed E-state index contributed by atoms with van der Waals surface area (Å²) in [6.07, 6.45) is 3.31. The Morgan fingerprint density at radius 2 is 2.03 bits per heavy atom. The molecule has 0 aliphatic carbocycles. The summed E-state index contributed by atoms with van der Waals surface area (Å²) in [4.78, 5) is 9.12. The fourth-order valence-electron chi connectivity index (χ4n) is 3.53. The van der Waals surface area contributed by atoms with Gasteiger partial charge < -0.3 is 25.0 Å². The summed E-state index contributed by atoms with van der Waals surface area (Å²) in [5.74, 6) is 2.08. The zero-order valence-corrected chi connectivity index (χ0v) is 20.7. The molecule has 1 aliphatic heterocycles. The first-order valence-corrected chi connectivity index (χ1v) is 10.8. The molecule has 0 spiro atoms. The molecular weight excluding hydrogens is 509 g/mol. The molecule has 8 nitrogen and oxygen atoms in total. The molecule has 172 valence electrons. The number of rotatable bonds is 10. The number of hydrogen-bond donors (Lipinski definition) is 3. The van der Waals surface area contributed by atoms with E-state index in [1.165, 1.54) is 5.56 Å². The van der Waals surface area contributed by atoms with E-state index in [0.29, 0.717) is 19.0 Å². The van der Waals surface area contributed by atoms with E-state index in [9.17, 15) is 5.11 Å². The van der Waals surface area contributed by atoms with Crippen LogP contribution in [0.3, 0.4) is 0 Å². The third kappa shape index (κ3) is 7.43. The van der Waals surface area contributed by atoms with Crippen LogP contribution in [-0.2, 0) is 17.6 Å². The second kappa shape index (κ2) is 13.0. The van der Waals surface area contributed by atoms with Gasteiger partial charge in [0, 0.05) is 43.7 Å². The van der Waals surface area contributed by atoms with Crippen LogP contribution in [0.25, 0.3) is 11.5 Å². The van der Waals surface area contributed by atoms with E-state index >= 15 is 0 Å². The van der Waals surface area contributed by atoms with Crippen molar-refractivity contribution in [3.05, 3.63) is 35.7 Å². The molecule has 0 saturated carbocycles. The van der Waals surface area contributed by atoms with Crippen LogP contribution in [0.5, 0.6) is 0 Å². The summed E-state index contributed by atoms with van der Waals surface area (Å²) in [7, 11) is 0. The maximum absolute atomic E-state index is 9.39. The molecule has 1 atom stereocenters. The number of aryl methyl sites for hydroxylation is 1. The number of aliphatic imine (C=N–C) groups is 1. The number of nitrogens with one attached hydrogen (secondary N) is 2. The summed E-state index contributed by atoms with van der Waals surface area (Å²) in [6, 6.07) is 8.20. The van der Waals surface area contributed by atoms with Gasteiger partial charge in [-0.2, -0.15) is 4.98 Å². The monoisotopic (exact) mass is 543 g/mol. The third-order valence-corrected chi connectivity index (χ3v) is 5.44. The van der Waals surface area contributed by atoms with E-state index in [0.717, 1.165) is 62.7 Å². The van der Waals surface area contributed by atoms with Gasteiger partial charge in [-0.25, -0.2) is 0 Å². The number of guanidine groups is 1. The molecule has 31 heavy (non-hydrogen) atoms. The predicted octanol–water partition coefficient (Wildman–Crippen LogP) is 2.80. The van der Waals surface area contributed by atoms with Crippen LogP contribution in [0.4, 0.5) is 0 Å². The van der Waals surface area contributed by atoms with Crippen LogP contribution in [0.1, 0.15) is 38.1 Å². The summed E-state index contributed by atoms with van der Waals surface area (Å²) in [5.41, 5.74) is 2.11. The van der Waals surface area contributed by atoms with Crippen molar-refractivity contribution < 1.29 is 14.4 Å². The Hall–Kier alpha value is -1.72. The lowest BCUT2D eigenvalue weighted by Gasteiger charge is -2.24. The van der Waals surface area contributed by atoms with Gasteiger partial charge in [0.1, 0.15) is 0 Å². The number of aromatic nitrogens is 2. The lowest BCUT2D eigenvalue weighted by molar-refractivity contribution is 0.131. The van der Waals surface area contributed by atoms with Crippen molar-refractivity contribution in [2.45, 2.75) is 39.5 Å². The van der Waals surface area contributed by atoms with Crippen LogP contribution in [0, 0.1) is 5.41 Å². The van der Waals surface area contributed by atoms with Gasteiger partial charge in [0.05, 0.1) is 13.2 Å². The molecule has 1 aliphatic rings. The molecule has 0 bridgehead atoms. The van der Waals surface area contributed by atoms with E-state index < -0.39 is 0 Å². The quantitative estimate of drug-likeness (QED) is 0.241. The van der Waals surface area contributed by atoms with Gasteiger partial charge in [-0.1, -0.05) is 24.2 Å². The number of hydrogen-bond acceptors (Lipinski definition) is 6. The summed E-state index contributed by atoms with van der Waals surface area (Å²) in [5, 5.41) is 20.0. The van der Waals surface area contributed by atoms with Gasteiger partial charge in [0.15, 0.2) is 11.8 Å². The third-order valence-electron chi connectivity index (χ3n) is 5.44. The van der Waals surface area contributed by atoms with Crippen LogP contribution in [0.15, 0.2) is 33.8 Å². The first kappa shape index (κ1) is 25.5. The fraction of sp³-hybridized carbons (Fsp3) is 0.591. The van der Waals surface area contributed by atoms with Crippen molar-refractivity contribution in [1.29, 1.82) is 0 Å². The van der Waals surface area contributed by atoms with Crippen LogP contribution < -0.4 is 10.6 Å². The number of aliphatic hydroxyl groups excluding tert-OH is 1. The van der Waals surface area contributed by atoms with Gasteiger partial charge in [0.2, 0.25) is 0 Å². The van der Waals surface area contributed by atoms with Crippen molar-refractivity contribution in [3.8, 4) is 11.5 Å². The first-order chi connectivity index (χ1) is 14.7. The van der Waals surface area contributed by atoms with Gasteiger partial charge in [-0.3, -0.25) is 4.99 Å². The highest BCUT2D eigenvalue weighted by Gasteiger charge is 2.34. The van der Waals surface area contributed by atoms with Crippen molar-refractivity contribution >= 4 is 29.9 Å². The standard InChI is InChI=1S/C22H33N5O3.HI/c1-3-19-26-20(30-27-19)18-7-5-17(6-8-18)9-12-24-21(23-4-2)25-15-22(10-13-28)11-14-29-16-22;/h5-8,28H,3-4,9-16H2,1-2H3,(H2,23,24,25);1H. The molecule has 2 heterocycles. The molecule has 2 aromatic rings. The van der Waals surface area contributed by atoms with E-state index in [2.05, 4.69) is 39.8 Å². The molecule has 1 unspecified atom stereocenters. The highest BCUT2D eigenvalue weighted by molar-refractivity contribution is 14.0. The summed E-state index contributed by atoms with van der Waals surface area (Å²) in [6.45, 7) is 7.87. The average Bonchev–Trinajstić information content (AvgIpc) is 3.43. The number of nitrogens with zero attached hydrogens (tertiary/aromatic N) is 3. The van der Waals surface area contributed by atoms with Crippen molar-refractivity contribution in [2.24, 2.45) is 10.4 Å². The van der Waals surface area contributed by atoms with Gasteiger partial charge in [-0.05, 0) is 43.9 Å². The van der Waals surface area contributed by atoms with Crippen molar-refractivity contribution in [2.75, 3.05) is 39.5 Å². The Bertz CT molecular complexity index is 804. The van der Waals surface area contributed by atoms with Crippen molar-refractivity contribution in [3.63, 3.8) is 0 Å². The highest BCUT2D eigenvalue weighted by atomic mass is 127. The molecule has 0 radical (unpaired) electrons. The maximum atomic E-state index is 9.39.